The standard InChI is InChI=1S/C11H14FNO/c1-7(13)11-10-8(5-6-14-11)3-2-4-9(10)12/h2-4,7,11H,5-6,13H2,1H3/t7-,11-/m0/s1. The molecule has 0 amide bonds. The molecule has 1 aromatic rings. The van der Waals surface area contributed by atoms with Gasteiger partial charge in [0.25, 0.3) is 0 Å². The second-order valence-corrected chi connectivity index (χ2v) is 3.71. The highest BCUT2D eigenvalue weighted by Crippen LogP contribution is 2.30. The molecule has 0 aliphatic carbocycles. The first-order valence-electron chi connectivity index (χ1n) is 4.84. The lowest BCUT2D eigenvalue weighted by Gasteiger charge is -2.28. The Labute approximate surface area is 82.9 Å². The Balaban J connectivity index is 2.47. The van der Waals surface area contributed by atoms with Gasteiger partial charge in [-0.05, 0) is 25.0 Å². The van der Waals surface area contributed by atoms with Gasteiger partial charge in [-0.3, -0.25) is 0 Å². The summed E-state index contributed by atoms with van der Waals surface area (Å²) < 4.78 is 19.0. The van der Waals surface area contributed by atoms with E-state index in [2.05, 4.69) is 0 Å². The lowest BCUT2D eigenvalue weighted by molar-refractivity contribution is 0.0257. The summed E-state index contributed by atoms with van der Waals surface area (Å²) in [6.45, 7) is 2.47. The second-order valence-electron chi connectivity index (χ2n) is 3.71. The molecule has 2 N–H and O–H groups in total. The first-order chi connectivity index (χ1) is 6.70. The van der Waals surface area contributed by atoms with Crippen LogP contribution >= 0.6 is 0 Å². The van der Waals surface area contributed by atoms with Crippen molar-refractivity contribution in [3.05, 3.63) is 35.1 Å². The SMILES string of the molecule is C[C@H](N)[C@@H]1OCCc2cccc(F)c21. The van der Waals surface area contributed by atoms with Crippen molar-refractivity contribution in [2.75, 3.05) is 6.61 Å². The summed E-state index contributed by atoms with van der Waals surface area (Å²) in [5.74, 6) is -0.204. The fourth-order valence-corrected chi connectivity index (χ4v) is 1.91. The van der Waals surface area contributed by atoms with E-state index in [0.29, 0.717) is 12.2 Å². The van der Waals surface area contributed by atoms with Gasteiger partial charge in [-0.15, -0.1) is 0 Å². The highest BCUT2D eigenvalue weighted by molar-refractivity contribution is 5.33. The minimum atomic E-state index is -0.292. The monoisotopic (exact) mass is 195 g/mol. The molecule has 0 aromatic heterocycles. The molecule has 1 aromatic carbocycles. The van der Waals surface area contributed by atoms with Gasteiger partial charge in [-0.1, -0.05) is 12.1 Å². The molecule has 76 valence electrons. The van der Waals surface area contributed by atoms with Crippen LogP contribution in [-0.4, -0.2) is 12.6 Å². The Bertz CT molecular complexity index is 338. The van der Waals surface area contributed by atoms with Crippen molar-refractivity contribution in [1.82, 2.24) is 0 Å². The van der Waals surface area contributed by atoms with E-state index in [1.54, 1.807) is 6.07 Å². The van der Waals surface area contributed by atoms with Crippen LogP contribution in [0.5, 0.6) is 0 Å². The van der Waals surface area contributed by atoms with E-state index in [9.17, 15) is 4.39 Å². The van der Waals surface area contributed by atoms with Crippen molar-refractivity contribution >= 4 is 0 Å². The Morgan fingerprint density at radius 3 is 3.07 bits per heavy atom. The molecule has 0 fully saturated rings. The van der Waals surface area contributed by atoms with Gasteiger partial charge in [0.05, 0.1) is 6.61 Å². The van der Waals surface area contributed by atoms with Crippen LogP contribution in [0.1, 0.15) is 24.2 Å². The van der Waals surface area contributed by atoms with Crippen LogP contribution in [0, 0.1) is 5.82 Å². The van der Waals surface area contributed by atoms with E-state index in [4.69, 9.17) is 10.5 Å². The lowest BCUT2D eigenvalue weighted by atomic mass is 9.94. The number of ether oxygens (including phenoxy) is 1. The Hall–Kier alpha value is -0.930. The Morgan fingerprint density at radius 1 is 1.57 bits per heavy atom. The molecule has 0 spiro atoms. The number of nitrogens with two attached hydrogens (primary N) is 1. The summed E-state index contributed by atoms with van der Waals surface area (Å²) in [7, 11) is 0. The average molecular weight is 195 g/mol. The van der Waals surface area contributed by atoms with E-state index < -0.39 is 0 Å². The summed E-state index contributed by atoms with van der Waals surface area (Å²) in [6.07, 6.45) is 0.482. The van der Waals surface area contributed by atoms with Crippen molar-refractivity contribution in [1.29, 1.82) is 0 Å². The zero-order valence-corrected chi connectivity index (χ0v) is 8.16. The van der Waals surface area contributed by atoms with Gasteiger partial charge in [-0.2, -0.15) is 0 Å². The maximum Gasteiger partial charge on any atom is 0.129 e. The molecule has 2 rings (SSSR count). The number of rotatable bonds is 1. The molecule has 14 heavy (non-hydrogen) atoms. The minimum Gasteiger partial charge on any atom is -0.371 e. The molecule has 0 unspecified atom stereocenters. The molecule has 1 aliphatic rings. The molecule has 2 nitrogen and oxygen atoms in total. The van der Waals surface area contributed by atoms with Crippen molar-refractivity contribution in [2.45, 2.75) is 25.5 Å². The number of halogens is 1. The molecular formula is C11H14FNO. The lowest BCUT2D eigenvalue weighted by Crippen LogP contribution is -2.31. The molecule has 1 heterocycles. The predicted octanol–water partition coefficient (Wildman–Crippen LogP) is 1.79. The maximum atomic E-state index is 13.5. The van der Waals surface area contributed by atoms with Crippen LogP contribution in [0.2, 0.25) is 0 Å². The molecule has 0 bridgehead atoms. The maximum absolute atomic E-state index is 13.5. The third kappa shape index (κ3) is 1.53. The predicted molar refractivity (Wildman–Crippen MR) is 52.4 cm³/mol. The zero-order chi connectivity index (χ0) is 10.1. The summed E-state index contributed by atoms with van der Waals surface area (Å²) in [5, 5.41) is 0. The molecule has 0 saturated heterocycles. The second kappa shape index (κ2) is 3.67. The molecule has 2 atom stereocenters. The summed E-state index contributed by atoms with van der Waals surface area (Å²) in [5.41, 5.74) is 7.43. The molecule has 0 saturated carbocycles. The van der Waals surface area contributed by atoms with E-state index >= 15 is 0 Å². The van der Waals surface area contributed by atoms with Gasteiger partial charge in [-0.25, -0.2) is 4.39 Å². The molecule has 3 heteroatoms. The largest absolute Gasteiger partial charge is 0.371 e. The van der Waals surface area contributed by atoms with Crippen molar-refractivity contribution in [3.8, 4) is 0 Å². The van der Waals surface area contributed by atoms with Crippen LogP contribution in [-0.2, 0) is 11.2 Å². The molecule has 0 radical (unpaired) electrons. The van der Waals surface area contributed by atoms with Gasteiger partial charge in [0.1, 0.15) is 11.9 Å². The zero-order valence-electron chi connectivity index (χ0n) is 8.16. The highest BCUT2D eigenvalue weighted by Gasteiger charge is 2.26. The Kier molecular flexibility index (Phi) is 2.52. The van der Waals surface area contributed by atoms with E-state index in [-0.39, 0.29) is 18.0 Å². The number of fused-ring (bicyclic) bond motifs is 1. The molecular weight excluding hydrogens is 181 g/mol. The van der Waals surface area contributed by atoms with Crippen molar-refractivity contribution in [2.24, 2.45) is 5.73 Å². The highest BCUT2D eigenvalue weighted by atomic mass is 19.1. The van der Waals surface area contributed by atoms with Crippen molar-refractivity contribution in [3.63, 3.8) is 0 Å². The average Bonchev–Trinajstić information content (AvgIpc) is 2.17. The van der Waals surface area contributed by atoms with Crippen LogP contribution < -0.4 is 5.73 Å². The summed E-state index contributed by atoms with van der Waals surface area (Å²) in [6, 6.07) is 4.96. The quantitative estimate of drug-likeness (QED) is 0.741. The minimum absolute atomic E-state index is 0.175. The van der Waals surface area contributed by atoms with Gasteiger partial charge >= 0.3 is 0 Å². The van der Waals surface area contributed by atoms with Crippen molar-refractivity contribution < 1.29 is 9.13 Å². The van der Waals surface area contributed by atoms with E-state index in [1.807, 2.05) is 13.0 Å². The Morgan fingerprint density at radius 2 is 2.36 bits per heavy atom. The normalized spacial score (nSPS) is 22.9. The smallest absolute Gasteiger partial charge is 0.129 e. The van der Waals surface area contributed by atoms with E-state index in [0.717, 1.165) is 12.0 Å². The third-order valence-electron chi connectivity index (χ3n) is 2.57. The number of benzene rings is 1. The first kappa shape index (κ1) is 9.62. The third-order valence-corrected chi connectivity index (χ3v) is 2.57. The number of hydrogen-bond donors (Lipinski definition) is 1. The fourth-order valence-electron chi connectivity index (χ4n) is 1.91. The van der Waals surface area contributed by atoms with Gasteiger partial charge in [0.15, 0.2) is 0 Å². The summed E-state index contributed by atoms with van der Waals surface area (Å²) in [4.78, 5) is 0. The fraction of sp³-hybridized carbons (Fsp3) is 0.455. The van der Waals surface area contributed by atoms with Crippen LogP contribution in [0.15, 0.2) is 18.2 Å². The van der Waals surface area contributed by atoms with E-state index in [1.165, 1.54) is 6.07 Å². The molecule has 1 aliphatic heterocycles. The van der Waals surface area contributed by atoms with Gasteiger partial charge < -0.3 is 10.5 Å². The summed E-state index contributed by atoms with van der Waals surface area (Å²) >= 11 is 0. The van der Waals surface area contributed by atoms with Crippen LogP contribution in [0.25, 0.3) is 0 Å². The van der Waals surface area contributed by atoms with Gasteiger partial charge in [0, 0.05) is 11.6 Å². The van der Waals surface area contributed by atoms with Crippen LogP contribution in [0.4, 0.5) is 4.39 Å². The topological polar surface area (TPSA) is 35.2 Å². The number of hydrogen-bond acceptors (Lipinski definition) is 2. The first-order valence-corrected chi connectivity index (χ1v) is 4.84. The van der Waals surface area contributed by atoms with Gasteiger partial charge in [0.2, 0.25) is 0 Å². The van der Waals surface area contributed by atoms with Crippen LogP contribution in [0.3, 0.4) is 0 Å².